The van der Waals surface area contributed by atoms with Gasteiger partial charge in [-0.25, -0.2) is 9.36 Å². The number of ether oxygens (including phenoxy) is 1. The molecule has 0 aliphatic carbocycles. The fraction of sp³-hybridized carbons (Fsp3) is 0.286. The van der Waals surface area contributed by atoms with E-state index in [2.05, 4.69) is 14.9 Å². The number of esters is 1. The Morgan fingerprint density at radius 1 is 1.41 bits per heavy atom. The standard InChI is InChI=1S/C14H15N3O5/c1-8(16-21)9-3-5-10(6-4-9)17-13(19)11(15-14(17)20)7-12(18)22-2/h3-6,8,19H,7H2,1-2H3,(H,15,20). The highest BCUT2D eigenvalue weighted by atomic mass is 16.5. The second-order valence-corrected chi connectivity index (χ2v) is 4.69. The Morgan fingerprint density at radius 3 is 2.59 bits per heavy atom. The van der Waals surface area contributed by atoms with E-state index in [0.717, 1.165) is 4.57 Å². The molecule has 1 aromatic heterocycles. The van der Waals surface area contributed by atoms with Crippen LogP contribution in [0.4, 0.5) is 0 Å². The summed E-state index contributed by atoms with van der Waals surface area (Å²) in [5.41, 5.74) is 0.586. The van der Waals surface area contributed by atoms with Crippen molar-refractivity contribution >= 4 is 5.97 Å². The molecule has 1 unspecified atom stereocenters. The highest BCUT2D eigenvalue weighted by molar-refractivity contribution is 5.72. The van der Waals surface area contributed by atoms with Crippen LogP contribution in [-0.4, -0.2) is 27.7 Å². The van der Waals surface area contributed by atoms with Gasteiger partial charge in [-0.15, -0.1) is 0 Å². The normalized spacial score (nSPS) is 11.9. The van der Waals surface area contributed by atoms with Crippen molar-refractivity contribution in [1.82, 2.24) is 9.55 Å². The molecule has 2 N–H and O–H groups in total. The number of carbonyl (C=O) groups is 1. The first-order chi connectivity index (χ1) is 10.5. The van der Waals surface area contributed by atoms with Crippen LogP contribution in [0.25, 0.3) is 5.69 Å². The van der Waals surface area contributed by atoms with Crippen molar-refractivity contribution in [3.63, 3.8) is 0 Å². The molecular weight excluding hydrogens is 290 g/mol. The van der Waals surface area contributed by atoms with Crippen LogP contribution in [0.1, 0.15) is 24.2 Å². The van der Waals surface area contributed by atoms with E-state index in [9.17, 15) is 19.6 Å². The van der Waals surface area contributed by atoms with Gasteiger partial charge in [0.25, 0.3) is 0 Å². The summed E-state index contributed by atoms with van der Waals surface area (Å²) in [6, 6.07) is 5.93. The Kier molecular flexibility index (Phi) is 4.40. The highest BCUT2D eigenvalue weighted by Crippen LogP contribution is 2.22. The number of aromatic nitrogens is 2. The minimum absolute atomic E-state index is 0.0730. The third-order valence-electron chi connectivity index (χ3n) is 3.28. The van der Waals surface area contributed by atoms with Crippen molar-refractivity contribution in [3.05, 3.63) is 50.9 Å². The first-order valence-electron chi connectivity index (χ1n) is 6.50. The number of hydrogen-bond donors (Lipinski definition) is 2. The molecule has 0 spiro atoms. The Labute approximate surface area is 125 Å². The SMILES string of the molecule is COC(=O)Cc1[nH]c(=O)n(-c2ccc(C(C)N=O)cc2)c1O. The number of hydrogen-bond acceptors (Lipinski definition) is 6. The van der Waals surface area contributed by atoms with Gasteiger partial charge in [0.1, 0.15) is 6.04 Å². The van der Waals surface area contributed by atoms with Crippen LogP contribution in [0.5, 0.6) is 5.88 Å². The fourth-order valence-corrected chi connectivity index (χ4v) is 2.01. The largest absolute Gasteiger partial charge is 0.493 e. The molecule has 0 fully saturated rings. The topological polar surface area (TPSA) is 114 Å². The Morgan fingerprint density at radius 2 is 2.05 bits per heavy atom. The number of nitrogens with one attached hydrogen (secondary N) is 1. The van der Waals surface area contributed by atoms with Crippen LogP contribution < -0.4 is 5.69 Å². The van der Waals surface area contributed by atoms with E-state index < -0.39 is 17.7 Å². The number of benzene rings is 1. The Hall–Kier alpha value is -2.90. The molecule has 0 aliphatic rings. The van der Waals surface area contributed by atoms with E-state index in [1.807, 2.05) is 0 Å². The summed E-state index contributed by atoms with van der Waals surface area (Å²) in [4.78, 5) is 36.1. The summed E-state index contributed by atoms with van der Waals surface area (Å²) in [5.74, 6) is -0.936. The maximum absolute atomic E-state index is 11.9. The molecule has 1 heterocycles. The molecule has 22 heavy (non-hydrogen) atoms. The molecule has 8 nitrogen and oxygen atoms in total. The molecule has 0 amide bonds. The monoisotopic (exact) mass is 305 g/mol. The summed E-state index contributed by atoms with van der Waals surface area (Å²) < 4.78 is 5.53. The van der Waals surface area contributed by atoms with E-state index in [0.29, 0.717) is 11.3 Å². The molecule has 0 aliphatic heterocycles. The zero-order chi connectivity index (χ0) is 16.3. The molecule has 116 valence electrons. The van der Waals surface area contributed by atoms with Crippen LogP contribution in [0.2, 0.25) is 0 Å². The van der Waals surface area contributed by atoms with Gasteiger partial charge in [0.15, 0.2) is 0 Å². The maximum Gasteiger partial charge on any atom is 0.333 e. The Bertz CT molecular complexity index is 745. The van der Waals surface area contributed by atoms with Gasteiger partial charge in [-0.05, 0) is 24.6 Å². The lowest BCUT2D eigenvalue weighted by Crippen LogP contribution is -2.14. The van der Waals surface area contributed by atoms with Crippen molar-refractivity contribution in [2.75, 3.05) is 7.11 Å². The number of nitrogens with zero attached hydrogens (tertiary/aromatic N) is 2. The number of nitroso groups, excluding NO2 is 1. The minimum Gasteiger partial charge on any atom is -0.493 e. The number of aromatic hydroxyl groups is 1. The molecule has 2 aromatic rings. The van der Waals surface area contributed by atoms with Crippen molar-refractivity contribution in [2.24, 2.45) is 5.18 Å². The van der Waals surface area contributed by atoms with Gasteiger partial charge in [0, 0.05) is 0 Å². The van der Waals surface area contributed by atoms with Gasteiger partial charge in [-0.1, -0.05) is 17.3 Å². The van der Waals surface area contributed by atoms with Crippen LogP contribution in [0.3, 0.4) is 0 Å². The van der Waals surface area contributed by atoms with E-state index in [1.54, 1.807) is 31.2 Å². The van der Waals surface area contributed by atoms with Gasteiger partial charge in [-0.2, -0.15) is 4.91 Å². The predicted octanol–water partition coefficient (Wildman–Crippen LogP) is 1.41. The fourth-order valence-electron chi connectivity index (χ4n) is 2.01. The molecule has 1 atom stereocenters. The molecule has 8 heteroatoms. The average molecular weight is 305 g/mol. The third-order valence-corrected chi connectivity index (χ3v) is 3.28. The highest BCUT2D eigenvalue weighted by Gasteiger charge is 2.17. The summed E-state index contributed by atoms with van der Waals surface area (Å²) in [6.45, 7) is 1.65. The van der Waals surface area contributed by atoms with Crippen molar-refractivity contribution in [3.8, 4) is 11.6 Å². The van der Waals surface area contributed by atoms with Crippen LogP contribution in [0, 0.1) is 4.91 Å². The van der Waals surface area contributed by atoms with Gasteiger partial charge in [0.05, 0.1) is 24.9 Å². The number of rotatable bonds is 5. The van der Waals surface area contributed by atoms with E-state index in [4.69, 9.17) is 0 Å². The lowest BCUT2D eigenvalue weighted by atomic mass is 10.1. The zero-order valence-electron chi connectivity index (χ0n) is 12.1. The van der Waals surface area contributed by atoms with Gasteiger partial charge >= 0.3 is 11.7 Å². The number of aromatic amines is 1. The van der Waals surface area contributed by atoms with Crippen molar-refractivity contribution in [1.29, 1.82) is 0 Å². The quantitative estimate of drug-likeness (QED) is 0.640. The second-order valence-electron chi connectivity index (χ2n) is 4.69. The smallest absolute Gasteiger partial charge is 0.333 e. The maximum atomic E-state index is 11.9. The second kappa shape index (κ2) is 6.25. The van der Waals surface area contributed by atoms with Crippen LogP contribution in [0.15, 0.2) is 34.2 Å². The molecule has 1 aromatic carbocycles. The third kappa shape index (κ3) is 2.90. The van der Waals surface area contributed by atoms with Crippen LogP contribution in [-0.2, 0) is 16.0 Å². The minimum atomic E-state index is -0.579. The number of methoxy groups -OCH3 is 1. The summed E-state index contributed by atoms with van der Waals surface area (Å²) in [7, 11) is 1.22. The van der Waals surface area contributed by atoms with Crippen molar-refractivity contribution in [2.45, 2.75) is 19.4 Å². The molecule has 0 saturated carbocycles. The molecule has 0 radical (unpaired) electrons. The zero-order valence-corrected chi connectivity index (χ0v) is 12.1. The number of H-pyrrole nitrogens is 1. The average Bonchev–Trinajstić information content (AvgIpc) is 2.80. The van der Waals surface area contributed by atoms with Gasteiger partial charge in [0.2, 0.25) is 5.88 Å². The van der Waals surface area contributed by atoms with Gasteiger partial charge < -0.3 is 14.8 Å². The summed E-state index contributed by atoms with van der Waals surface area (Å²) >= 11 is 0. The molecular formula is C14H15N3O5. The first kappa shape index (κ1) is 15.5. The number of carbonyl (C=O) groups excluding carboxylic acids is 1. The molecule has 0 saturated heterocycles. The van der Waals surface area contributed by atoms with Gasteiger partial charge in [-0.3, -0.25) is 4.79 Å². The van der Waals surface area contributed by atoms with E-state index >= 15 is 0 Å². The number of imidazole rings is 1. The van der Waals surface area contributed by atoms with E-state index in [-0.39, 0.29) is 18.0 Å². The van der Waals surface area contributed by atoms with Crippen molar-refractivity contribution < 1.29 is 14.6 Å². The molecule has 0 bridgehead atoms. The predicted molar refractivity (Wildman–Crippen MR) is 78.0 cm³/mol. The first-order valence-corrected chi connectivity index (χ1v) is 6.50. The molecule has 2 rings (SSSR count). The lowest BCUT2D eigenvalue weighted by Gasteiger charge is -2.06. The van der Waals surface area contributed by atoms with E-state index in [1.165, 1.54) is 7.11 Å². The summed E-state index contributed by atoms with van der Waals surface area (Å²) in [5, 5.41) is 13.0. The Balaban J connectivity index is 2.39. The lowest BCUT2D eigenvalue weighted by molar-refractivity contribution is -0.139. The summed E-state index contributed by atoms with van der Waals surface area (Å²) in [6.07, 6.45) is -0.241. The van der Waals surface area contributed by atoms with Crippen LogP contribution >= 0.6 is 0 Å².